The average molecular weight is 352 g/mol. The number of fused-ring (bicyclic) bond motifs is 1. The molecular formula is C19H24N6O. The third-order valence-electron chi connectivity index (χ3n) is 4.77. The Morgan fingerprint density at radius 2 is 2.23 bits per heavy atom. The van der Waals surface area contributed by atoms with Gasteiger partial charge in [0.2, 0.25) is 0 Å². The van der Waals surface area contributed by atoms with Gasteiger partial charge in [0.15, 0.2) is 0 Å². The van der Waals surface area contributed by atoms with E-state index in [0.717, 1.165) is 31.0 Å². The molecule has 0 aromatic carbocycles. The number of imidazole rings is 1. The van der Waals surface area contributed by atoms with Gasteiger partial charge in [-0.25, -0.2) is 4.98 Å². The second-order valence-electron chi connectivity index (χ2n) is 6.85. The molecule has 3 aromatic rings. The van der Waals surface area contributed by atoms with Crippen molar-refractivity contribution in [3.63, 3.8) is 0 Å². The largest absolute Gasteiger partial charge is 0.373 e. The third-order valence-corrected chi connectivity index (χ3v) is 4.77. The van der Waals surface area contributed by atoms with Gasteiger partial charge in [-0.15, -0.1) is 0 Å². The van der Waals surface area contributed by atoms with E-state index in [4.69, 9.17) is 4.74 Å². The predicted molar refractivity (Wildman–Crippen MR) is 97.2 cm³/mol. The summed E-state index contributed by atoms with van der Waals surface area (Å²) in [5.41, 5.74) is 4.46. The standard InChI is InChI=1S/C19H24N6O/c1-15-7-17(23(2)22-15)9-24-10-18-8-20-14-25(18)19(11-24)13-26-12-16-5-3-4-6-21-16/h3-8,14,19H,9-13H2,1-2H3/t19-/m1/s1. The van der Waals surface area contributed by atoms with Crippen LogP contribution in [0.5, 0.6) is 0 Å². The van der Waals surface area contributed by atoms with E-state index in [-0.39, 0.29) is 6.04 Å². The molecule has 136 valence electrons. The van der Waals surface area contributed by atoms with E-state index < -0.39 is 0 Å². The Labute approximate surface area is 153 Å². The van der Waals surface area contributed by atoms with Gasteiger partial charge in [0, 0.05) is 39.1 Å². The molecule has 3 aromatic heterocycles. The molecule has 0 amide bonds. The van der Waals surface area contributed by atoms with Crippen LogP contribution in [0.4, 0.5) is 0 Å². The highest BCUT2D eigenvalue weighted by atomic mass is 16.5. The van der Waals surface area contributed by atoms with Crippen molar-refractivity contribution in [1.82, 2.24) is 29.2 Å². The molecule has 0 fully saturated rings. The smallest absolute Gasteiger partial charge is 0.0952 e. The molecule has 4 heterocycles. The van der Waals surface area contributed by atoms with Gasteiger partial charge in [0.1, 0.15) is 0 Å². The van der Waals surface area contributed by atoms with Crippen LogP contribution in [-0.2, 0) is 31.5 Å². The summed E-state index contributed by atoms with van der Waals surface area (Å²) >= 11 is 0. The Morgan fingerprint density at radius 3 is 3.00 bits per heavy atom. The summed E-state index contributed by atoms with van der Waals surface area (Å²) < 4.78 is 10.2. The van der Waals surface area contributed by atoms with E-state index in [0.29, 0.717) is 13.2 Å². The molecule has 0 aliphatic carbocycles. The lowest BCUT2D eigenvalue weighted by Gasteiger charge is -2.34. The zero-order valence-electron chi connectivity index (χ0n) is 15.2. The summed E-state index contributed by atoms with van der Waals surface area (Å²) in [6, 6.07) is 8.29. The number of ether oxygens (including phenoxy) is 1. The monoisotopic (exact) mass is 352 g/mol. The molecule has 0 radical (unpaired) electrons. The first-order valence-electron chi connectivity index (χ1n) is 8.89. The number of hydrogen-bond acceptors (Lipinski definition) is 5. The van der Waals surface area contributed by atoms with Gasteiger partial charge < -0.3 is 9.30 Å². The van der Waals surface area contributed by atoms with Gasteiger partial charge in [0.25, 0.3) is 0 Å². The van der Waals surface area contributed by atoms with Crippen molar-refractivity contribution in [3.05, 3.63) is 65.8 Å². The second kappa shape index (κ2) is 7.39. The first-order chi connectivity index (χ1) is 12.7. The van der Waals surface area contributed by atoms with Crippen LogP contribution in [0.3, 0.4) is 0 Å². The quantitative estimate of drug-likeness (QED) is 0.680. The first kappa shape index (κ1) is 16.9. The molecule has 0 unspecified atom stereocenters. The van der Waals surface area contributed by atoms with E-state index in [1.807, 2.05) is 49.4 Å². The second-order valence-corrected chi connectivity index (χ2v) is 6.85. The number of nitrogens with zero attached hydrogens (tertiary/aromatic N) is 6. The molecule has 0 N–H and O–H groups in total. The van der Waals surface area contributed by atoms with Crippen LogP contribution in [0.25, 0.3) is 0 Å². The summed E-state index contributed by atoms with van der Waals surface area (Å²) in [5.74, 6) is 0. The van der Waals surface area contributed by atoms with Gasteiger partial charge in [-0.3, -0.25) is 14.6 Å². The number of rotatable bonds is 6. The van der Waals surface area contributed by atoms with Gasteiger partial charge >= 0.3 is 0 Å². The molecule has 7 nitrogen and oxygen atoms in total. The summed E-state index contributed by atoms with van der Waals surface area (Å²) in [4.78, 5) is 11.1. The molecule has 1 aliphatic rings. The first-order valence-corrected chi connectivity index (χ1v) is 8.89. The molecule has 0 spiro atoms. The molecule has 0 saturated carbocycles. The summed E-state index contributed by atoms with van der Waals surface area (Å²) in [6.45, 7) is 5.89. The summed E-state index contributed by atoms with van der Waals surface area (Å²) in [5, 5.41) is 4.45. The number of pyridine rings is 1. The van der Waals surface area contributed by atoms with Gasteiger partial charge in [-0.2, -0.15) is 5.10 Å². The molecule has 0 bridgehead atoms. The lowest BCUT2D eigenvalue weighted by Crippen LogP contribution is -2.38. The normalized spacial score (nSPS) is 17.4. The molecule has 7 heteroatoms. The predicted octanol–water partition coefficient (Wildman–Crippen LogP) is 2.09. The van der Waals surface area contributed by atoms with Crippen LogP contribution in [0, 0.1) is 6.92 Å². The minimum absolute atomic E-state index is 0.249. The minimum atomic E-state index is 0.249. The van der Waals surface area contributed by atoms with Crippen LogP contribution in [0.15, 0.2) is 43.0 Å². The average Bonchev–Trinajstić information content (AvgIpc) is 3.22. The topological polar surface area (TPSA) is 61.0 Å². The molecule has 26 heavy (non-hydrogen) atoms. The molecule has 0 saturated heterocycles. The maximum Gasteiger partial charge on any atom is 0.0952 e. The molecule has 1 aliphatic heterocycles. The zero-order chi connectivity index (χ0) is 17.9. The van der Waals surface area contributed by atoms with Gasteiger partial charge in [-0.1, -0.05) is 6.07 Å². The maximum absolute atomic E-state index is 5.96. The molecule has 4 rings (SSSR count). The van der Waals surface area contributed by atoms with Crippen molar-refractivity contribution in [2.24, 2.45) is 7.05 Å². The van der Waals surface area contributed by atoms with Crippen molar-refractivity contribution < 1.29 is 4.74 Å². The van der Waals surface area contributed by atoms with Crippen molar-refractivity contribution in [2.45, 2.75) is 32.7 Å². The van der Waals surface area contributed by atoms with Crippen LogP contribution >= 0.6 is 0 Å². The van der Waals surface area contributed by atoms with E-state index >= 15 is 0 Å². The van der Waals surface area contributed by atoms with Crippen LogP contribution < -0.4 is 0 Å². The lowest BCUT2D eigenvalue weighted by molar-refractivity contribution is 0.0567. The van der Waals surface area contributed by atoms with E-state index in [1.165, 1.54) is 11.4 Å². The summed E-state index contributed by atoms with van der Waals surface area (Å²) in [7, 11) is 2.00. The highest BCUT2D eigenvalue weighted by Crippen LogP contribution is 2.23. The molecular weight excluding hydrogens is 328 g/mol. The maximum atomic E-state index is 5.96. The van der Waals surface area contributed by atoms with Crippen LogP contribution in [0.2, 0.25) is 0 Å². The Hall–Kier alpha value is -2.51. The SMILES string of the molecule is Cc1cc(CN2Cc3cncn3[C@@H](COCc3ccccn3)C2)n(C)n1. The fourth-order valence-corrected chi connectivity index (χ4v) is 3.54. The van der Waals surface area contributed by atoms with E-state index in [9.17, 15) is 0 Å². The van der Waals surface area contributed by atoms with Crippen LogP contribution in [0.1, 0.15) is 28.8 Å². The fourth-order valence-electron chi connectivity index (χ4n) is 3.54. The number of aromatic nitrogens is 5. The third kappa shape index (κ3) is 3.68. The number of aryl methyl sites for hydroxylation is 2. The number of hydrogen-bond donors (Lipinski definition) is 0. The van der Waals surface area contributed by atoms with Gasteiger partial charge in [-0.05, 0) is 25.1 Å². The van der Waals surface area contributed by atoms with Crippen molar-refractivity contribution >= 4 is 0 Å². The fraction of sp³-hybridized carbons (Fsp3) is 0.421. The Kier molecular flexibility index (Phi) is 4.81. The zero-order valence-corrected chi connectivity index (χ0v) is 15.2. The Bertz CT molecular complexity index is 856. The Morgan fingerprint density at radius 1 is 1.31 bits per heavy atom. The Balaban J connectivity index is 1.42. The highest BCUT2D eigenvalue weighted by molar-refractivity contribution is 5.10. The van der Waals surface area contributed by atoms with Crippen molar-refractivity contribution in [1.29, 1.82) is 0 Å². The highest BCUT2D eigenvalue weighted by Gasteiger charge is 2.25. The molecule has 1 atom stereocenters. The van der Waals surface area contributed by atoms with E-state index in [1.54, 1.807) is 6.20 Å². The lowest BCUT2D eigenvalue weighted by atomic mass is 10.2. The minimum Gasteiger partial charge on any atom is -0.373 e. The van der Waals surface area contributed by atoms with Gasteiger partial charge in [0.05, 0.1) is 48.4 Å². The van der Waals surface area contributed by atoms with Crippen LogP contribution in [-0.4, -0.2) is 42.4 Å². The van der Waals surface area contributed by atoms with Crippen molar-refractivity contribution in [2.75, 3.05) is 13.2 Å². The van der Waals surface area contributed by atoms with E-state index in [2.05, 4.69) is 30.6 Å². The summed E-state index contributed by atoms with van der Waals surface area (Å²) in [6.07, 6.45) is 5.66. The van der Waals surface area contributed by atoms with Crippen molar-refractivity contribution in [3.8, 4) is 0 Å².